The summed E-state index contributed by atoms with van der Waals surface area (Å²) in [6, 6.07) is 0.0584. The first-order valence-corrected chi connectivity index (χ1v) is 7.64. The quantitative estimate of drug-likeness (QED) is 0.794. The number of amides is 1. The molecule has 0 aromatic heterocycles. The molecule has 2 rings (SSSR count). The lowest BCUT2D eigenvalue weighted by molar-refractivity contribution is -0.135. The summed E-state index contributed by atoms with van der Waals surface area (Å²) < 4.78 is 5.14. The topological polar surface area (TPSA) is 41.6 Å². The molecule has 1 saturated heterocycles. The van der Waals surface area contributed by atoms with E-state index < -0.39 is 0 Å². The summed E-state index contributed by atoms with van der Waals surface area (Å²) in [5.74, 6) is 2.10. The monoisotopic (exact) mass is 268 g/mol. The van der Waals surface area contributed by atoms with Gasteiger partial charge in [0, 0.05) is 20.2 Å². The van der Waals surface area contributed by atoms with E-state index in [-0.39, 0.29) is 6.04 Å². The summed E-state index contributed by atoms with van der Waals surface area (Å²) in [6.07, 6.45) is 3.81. The minimum Gasteiger partial charge on any atom is -0.383 e. The number of nitrogens with zero attached hydrogens (tertiary/aromatic N) is 1. The van der Waals surface area contributed by atoms with Crippen molar-refractivity contribution in [1.29, 1.82) is 0 Å². The molecule has 3 atom stereocenters. The molecule has 0 aromatic rings. The molecule has 1 aliphatic heterocycles. The maximum Gasteiger partial charge on any atom is 0.240 e. The number of hydrogen-bond acceptors (Lipinski definition) is 3. The van der Waals surface area contributed by atoms with Gasteiger partial charge in [-0.1, -0.05) is 20.3 Å². The lowest BCUT2D eigenvalue weighted by Gasteiger charge is -2.29. The number of methoxy groups -OCH3 is 1. The van der Waals surface area contributed by atoms with Crippen molar-refractivity contribution < 1.29 is 9.53 Å². The van der Waals surface area contributed by atoms with Crippen molar-refractivity contribution in [1.82, 2.24) is 10.2 Å². The number of carbonyl (C=O) groups is 1. The minimum atomic E-state index is 0.0584. The molecule has 1 aliphatic carbocycles. The Balaban J connectivity index is 1.97. The van der Waals surface area contributed by atoms with Crippen molar-refractivity contribution in [2.45, 2.75) is 39.2 Å². The van der Waals surface area contributed by atoms with Gasteiger partial charge in [0.2, 0.25) is 5.91 Å². The lowest BCUT2D eigenvalue weighted by atomic mass is 9.93. The third-order valence-corrected chi connectivity index (χ3v) is 4.47. The standard InChI is InChI=1S/C15H28N2O2/c1-11(2)10-17(7-8-19-3)15(18)14-13-6-4-5-12(13)9-16-14/h11-14,16H,4-10H2,1-3H3. The van der Waals surface area contributed by atoms with Crippen LogP contribution in [0.1, 0.15) is 33.1 Å². The molecule has 1 heterocycles. The summed E-state index contributed by atoms with van der Waals surface area (Å²) in [7, 11) is 1.69. The van der Waals surface area contributed by atoms with Crippen molar-refractivity contribution in [2.24, 2.45) is 17.8 Å². The molecular weight excluding hydrogens is 240 g/mol. The van der Waals surface area contributed by atoms with Crippen molar-refractivity contribution in [3.8, 4) is 0 Å². The van der Waals surface area contributed by atoms with E-state index in [1.54, 1.807) is 7.11 Å². The Kier molecular flexibility index (Phi) is 5.22. The normalized spacial score (nSPS) is 29.8. The van der Waals surface area contributed by atoms with Gasteiger partial charge in [-0.05, 0) is 37.1 Å². The molecule has 1 amide bonds. The summed E-state index contributed by atoms with van der Waals surface area (Å²) >= 11 is 0. The lowest BCUT2D eigenvalue weighted by Crippen LogP contribution is -2.48. The van der Waals surface area contributed by atoms with E-state index in [4.69, 9.17) is 4.74 Å². The predicted octanol–water partition coefficient (Wildman–Crippen LogP) is 1.51. The molecule has 110 valence electrons. The number of fused-ring (bicyclic) bond motifs is 1. The van der Waals surface area contributed by atoms with E-state index in [2.05, 4.69) is 19.2 Å². The largest absolute Gasteiger partial charge is 0.383 e. The van der Waals surface area contributed by atoms with Gasteiger partial charge in [0.1, 0.15) is 0 Å². The second kappa shape index (κ2) is 6.71. The first kappa shape index (κ1) is 14.8. The van der Waals surface area contributed by atoms with E-state index >= 15 is 0 Å². The maximum atomic E-state index is 12.7. The Bertz CT molecular complexity index is 307. The van der Waals surface area contributed by atoms with Crippen molar-refractivity contribution in [3.63, 3.8) is 0 Å². The van der Waals surface area contributed by atoms with Crippen LogP contribution < -0.4 is 5.32 Å². The van der Waals surface area contributed by atoms with E-state index in [0.29, 0.717) is 30.9 Å². The zero-order valence-corrected chi connectivity index (χ0v) is 12.5. The van der Waals surface area contributed by atoms with Crippen LogP contribution in [0.3, 0.4) is 0 Å². The average molecular weight is 268 g/mol. The molecule has 1 saturated carbocycles. The first-order chi connectivity index (χ1) is 9.13. The molecule has 0 aromatic carbocycles. The maximum absolute atomic E-state index is 12.7. The zero-order chi connectivity index (χ0) is 13.8. The van der Waals surface area contributed by atoms with E-state index in [9.17, 15) is 4.79 Å². The Hall–Kier alpha value is -0.610. The Labute approximate surface area is 116 Å². The SMILES string of the molecule is COCCN(CC(C)C)C(=O)C1NCC2CCCC21. The number of carbonyl (C=O) groups excluding carboxylic acids is 1. The molecule has 0 bridgehead atoms. The molecule has 19 heavy (non-hydrogen) atoms. The summed E-state index contributed by atoms with van der Waals surface area (Å²) in [5, 5.41) is 3.46. The van der Waals surface area contributed by atoms with E-state index in [1.807, 2.05) is 4.90 Å². The molecule has 3 unspecified atom stereocenters. The van der Waals surface area contributed by atoms with Gasteiger partial charge in [-0.25, -0.2) is 0 Å². The highest BCUT2D eigenvalue weighted by Gasteiger charge is 2.43. The van der Waals surface area contributed by atoms with Crippen LogP contribution in [-0.2, 0) is 9.53 Å². The van der Waals surface area contributed by atoms with Gasteiger partial charge in [0.05, 0.1) is 12.6 Å². The number of ether oxygens (including phenoxy) is 1. The molecule has 1 N–H and O–H groups in total. The fraction of sp³-hybridized carbons (Fsp3) is 0.933. The van der Waals surface area contributed by atoms with Crippen LogP contribution >= 0.6 is 0 Å². The third-order valence-electron chi connectivity index (χ3n) is 4.47. The zero-order valence-electron chi connectivity index (χ0n) is 12.5. The fourth-order valence-corrected chi connectivity index (χ4v) is 3.59. The van der Waals surface area contributed by atoms with Gasteiger partial charge < -0.3 is 15.0 Å². The fourth-order valence-electron chi connectivity index (χ4n) is 3.59. The van der Waals surface area contributed by atoms with Gasteiger partial charge in [-0.3, -0.25) is 4.79 Å². The minimum absolute atomic E-state index is 0.0584. The first-order valence-electron chi connectivity index (χ1n) is 7.64. The summed E-state index contributed by atoms with van der Waals surface area (Å²) in [4.78, 5) is 14.7. The van der Waals surface area contributed by atoms with Crippen LogP contribution in [0, 0.1) is 17.8 Å². The molecule has 2 fully saturated rings. The summed E-state index contributed by atoms with van der Waals surface area (Å²) in [5.41, 5.74) is 0. The number of rotatable bonds is 6. The van der Waals surface area contributed by atoms with Crippen LogP contribution in [0.25, 0.3) is 0 Å². The van der Waals surface area contributed by atoms with Crippen molar-refractivity contribution in [2.75, 3.05) is 33.4 Å². The highest BCUT2D eigenvalue weighted by atomic mass is 16.5. The van der Waals surface area contributed by atoms with Gasteiger partial charge in [0.25, 0.3) is 0 Å². The van der Waals surface area contributed by atoms with E-state index in [0.717, 1.165) is 19.0 Å². The number of nitrogens with one attached hydrogen (secondary N) is 1. The Morgan fingerprint density at radius 1 is 1.42 bits per heavy atom. The van der Waals surface area contributed by atoms with Gasteiger partial charge >= 0.3 is 0 Å². The number of hydrogen-bond donors (Lipinski definition) is 1. The summed E-state index contributed by atoms with van der Waals surface area (Å²) in [6.45, 7) is 7.52. The van der Waals surface area contributed by atoms with Gasteiger partial charge in [-0.15, -0.1) is 0 Å². The molecular formula is C15H28N2O2. The van der Waals surface area contributed by atoms with Crippen LogP contribution in [0.5, 0.6) is 0 Å². The average Bonchev–Trinajstić information content (AvgIpc) is 2.95. The third kappa shape index (κ3) is 3.48. The van der Waals surface area contributed by atoms with Crippen LogP contribution in [-0.4, -0.2) is 50.2 Å². The Morgan fingerprint density at radius 3 is 2.89 bits per heavy atom. The molecule has 0 radical (unpaired) electrons. The second-order valence-corrected chi connectivity index (χ2v) is 6.41. The Morgan fingerprint density at radius 2 is 2.21 bits per heavy atom. The van der Waals surface area contributed by atoms with Crippen molar-refractivity contribution >= 4 is 5.91 Å². The molecule has 2 aliphatic rings. The van der Waals surface area contributed by atoms with E-state index in [1.165, 1.54) is 19.3 Å². The highest BCUT2D eigenvalue weighted by molar-refractivity contribution is 5.82. The van der Waals surface area contributed by atoms with Crippen LogP contribution in [0.15, 0.2) is 0 Å². The second-order valence-electron chi connectivity index (χ2n) is 6.41. The van der Waals surface area contributed by atoms with Gasteiger partial charge in [0.15, 0.2) is 0 Å². The highest BCUT2D eigenvalue weighted by Crippen LogP contribution is 2.38. The molecule has 4 heteroatoms. The smallest absolute Gasteiger partial charge is 0.240 e. The van der Waals surface area contributed by atoms with Crippen LogP contribution in [0.2, 0.25) is 0 Å². The van der Waals surface area contributed by atoms with Crippen molar-refractivity contribution in [3.05, 3.63) is 0 Å². The van der Waals surface area contributed by atoms with Crippen LogP contribution in [0.4, 0.5) is 0 Å². The molecule has 0 spiro atoms. The predicted molar refractivity (Wildman–Crippen MR) is 75.9 cm³/mol. The van der Waals surface area contributed by atoms with Gasteiger partial charge in [-0.2, -0.15) is 0 Å². The molecule has 4 nitrogen and oxygen atoms in total.